The van der Waals surface area contributed by atoms with E-state index in [2.05, 4.69) is 20.9 Å². The van der Waals surface area contributed by atoms with Crippen LogP contribution in [0.1, 0.15) is 17.5 Å². The Bertz CT molecular complexity index is 572. The zero-order valence-electron chi connectivity index (χ0n) is 10.3. The van der Waals surface area contributed by atoms with Gasteiger partial charge >= 0.3 is 0 Å². The quantitative estimate of drug-likeness (QED) is 0.840. The molecule has 0 saturated carbocycles. The summed E-state index contributed by atoms with van der Waals surface area (Å²) in [7, 11) is 0. The SMILES string of the molecule is O=C(CCc1cccnc1)Cc1cc(Br)ccc1F. The van der Waals surface area contributed by atoms with Crippen LogP contribution in [0.15, 0.2) is 47.2 Å². The molecule has 0 aliphatic heterocycles. The average Bonchev–Trinajstić information content (AvgIpc) is 2.42. The molecule has 2 nitrogen and oxygen atoms in total. The Kier molecular flexibility index (Phi) is 4.80. The van der Waals surface area contributed by atoms with Crippen LogP contribution in [0, 0.1) is 5.82 Å². The second kappa shape index (κ2) is 6.57. The van der Waals surface area contributed by atoms with Crippen molar-refractivity contribution in [1.29, 1.82) is 0 Å². The van der Waals surface area contributed by atoms with Crippen LogP contribution >= 0.6 is 15.9 Å². The topological polar surface area (TPSA) is 30.0 Å². The van der Waals surface area contributed by atoms with Crippen molar-refractivity contribution in [3.8, 4) is 0 Å². The van der Waals surface area contributed by atoms with Crippen LogP contribution in [0.2, 0.25) is 0 Å². The first-order valence-corrected chi connectivity index (χ1v) is 6.79. The van der Waals surface area contributed by atoms with E-state index >= 15 is 0 Å². The summed E-state index contributed by atoms with van der Waals surface area (Å²) in [4.78, 5) is 15.8. The van der Waals surface area contributed by atoms with Gasteiger partial charge in [-0.1, -0.05) is 22.0 Å². The number of nitrogens with zero attached hydrogens (tertiary/aromatic N) is 1. The van der Waals surface area contributed by atoms with E-state index in [4.69, 9.17) is 0 Å². The van der Waals surface area contributed by atoms with E-state index in [-0.39, 0.29) is 18.0 Å². The molecule has 0 saturated heterocycles. The van der Waals surface area contributed by atoms with Crippen molar-refractivity contribution in [2.75, 3.05) is 0 Å². The number of pyridine rings is 1. The van der Waals surface area contributed by atoms with E-state index in [9.17, 15) is 9.18 Å². The van der Waals surface area contributed by atoms with E-state index < -0.39 is 0 Å². The van der Waals surface area contributed by atoms with Gasteiger partial charge in [-0.3, -0.25) is 9.78 Å². The molecular weight excluding hydrogens is 309 g/mol. The Balaban J connectivity index is 1.93. The highest BCUT2D eigenvalue weighted by molar-refractivity contribution is 9.10. The van der Waals surface area contributed by atoms with Gasteiger partial charge in [0.2, 0.25) is 0 Å². The van der Waals surface area contributed by atoms with Crippen molar-refractivity contribution in [3.05, 3.63) is 64.1 Å². The first-order valence-electron chi connectivity index (χ1n) is 5.99. The molecular formula is C15H13BrFNO. The van der Waals surface area contributed by atoms with Gasteiger partial charge in [0.25, 0.3) is 0 Å². The molecule has 0 atom stereocenters. The fourth-order valence-electron chi connectivity index (χ4n) is 1.81. The number of ketones is 1. The summed E-state index contributed by atoms with van der Waals surface area (Å²) in [5, 5.41) is 0. The lowest BCUT2D eigenvalue weighted by Gasteiger charge is -2.04. The highest BCUT2D eigenvalue weighted by atomic mass is 79.9. The number of hydrogen-bond donors (Lipinski definition) is 0. The molecule has 0 radical (unpaired) electrons. The highest BCUT2D eigenvalue weighted by Gasteiger charge is 2.09. The average molecular weight is 322 g/mol. The fourth-order valence-corrected chi connectivity index (χ4v) is 2.22. The van der Waals surface area contributed by atoms with Gasteiger partial charge in [-0.05, 0) is 41.8 Å². The van der Waals surface area contributed by atoms with Crippen molar-refractivity contribution < 1.29 is 9.18 Å². The monoisotopic (exact) mass is 321 g/mol. The molecule has 1 heterocycles. The zero-order chi connectivity index (χ0) is 13.7. The molecule has 0 aliphatic carbocycles. The lowest BCUT2D eigenvalue weighted by Crippen LogP contribution is -2.06. The van der Waals surface area contributed by atoms with E-state index in [0.717, 1.165) is 10.0 Å². The molecule has 19 heavy (non-hydrogen) atoms. The lowest BCUT2D eigenvalue weighted by atomic mass is 10.0. The van der Waals surface area contributed by atoms with Crippen molar-refractivity contribution in [3.63, 3.8) is 0 Å². The predicted octanol–water partition coefficient (Wildman–Crippen LogP) is 3.73. The molecule has 1 aromatic carbocycles. The molecule has 0 amide bonds. The highest BCUT2D eigenvalue weighted by Crippen LogP contribution is 2.17. The van der Waals surface area contributed by atoms with Crippen LogP contribution in [0.3, 0.4) is 0 Å². The first kappa shape index (κ1) is 13.9. The van der Waals surface area contributed by atoms with Gasteiger partial charge in [-0.25, -0.2) is 4.39 Å². The summed E-state index contributed by atoms with van der Waals surface area (Å²) in [6.07, 6.45) is 4.61. The minimum absolute atomic E-state index is 0.0286. The second-order valence-electron chi connectivity index (χ2n) is 4.31. The molecule has 4 heteroatoms. The van der Waals surface area contributed by atoms with E-state index in [0.29, 0.717) is 18.4 Å². The Morgan fingerprint density at radius 3 is 2.89 bits per heavy atom. The number of aromatic nitrogens is 1. The minimum atomic E-state index is -0.335. The standard InChI is InChI=1S/C15H13BrFNO/c16-13-4-6-15(17)12(8-13)9-14(19)5-3-11-2-1-7-18-10-11/h1-2,4,6-8,10H,3,5,9H2. The van der Waals surface area contributed by atoms with Crippen LogP contribution in [0.5, 0.6) is 0 Å². The number of halogens is 2. The number of benzene rings is 1. The van der Waals surface area contributed by atoms with Gasteiger partial charge in [-0.2, -0.15) is 0 Å². The molecule has 98 valence electrons. The largest absolute Gasteiger partial charge is 0.299 e. The van der Waals surface area contributed by atoms with Crippen molar-refractivity contribution in [2.45, 2.75) is 19.3 Å². The summed E-state index contributed by atoms with van der Waals surface area (Å²) in [6.45, 7) is 0. The van der Waals surface area contributed by atoms with Gasteiger partial charge in [0.1, 0.15) is 11.6 Å². The van der Waals surface area contributed by atoms with E-state index in [1.165, 1.54) is 6.07 Å². The fraction of sp³-hybridized carbons (Fsp3) is 0.200. The van der Waals surface area contributed by atoms with Crippen molar-refractivity contribution >= 4 is 21.7 Å². The summed E-state index contributed by atoms with van der Waals surface area (Å²) in [5.41, 5.74) is 1.45. The van der Waals surface area contributed by atoms with Gasteiger partial charge in [0.05, 0.1) is 0 Å². The molecule has 0 aliphatic rings. The number of aryl methyl sites for hydroxylation is 1. The third-order valence-electron chi connectivity index (χ3n) is 2.81. The Morgan fingerprint density at radius 1 is 1.32 bits per heavy atom. The smallest absolute Gasteiger partial charge is 0.137 e. The summed E-state index contributed by atoms with van der Waals surface area (Å²) >= 11 is 3.28. The molecule has 0 spiro atoms. The number of Topliss-reactive ketones (excluding diaryl/α,β-unsaturated/α-hetero) is 1. The molecule has 0 bridgehead atoms. The maximum Gasteiger partial charge on any atom is 0.137 e. The number of hydrogen-bond acceptors (Lipinski definition) is 2. The summed E-state index contributed by atoms with van der Waals surface area (Å²) < 4.78 is 14.3. The minimum Gasteiger partial charge on any atom is -0.299 e. The van der Waals surface area contributed by atoms with Gasteiger partial charge < -0.3 is 0 Å². The zero-order valence-corrected chi connectivity index (χ0v) is 11.9. The Morgan fingerprint density at radius 2 is 2.16 bits per heavy atom. The third-order valence-corrected chi connectivity index (χ3v) is 3.30. The third kappa shape index (κ3) is 4.24. The first-order chi connectivity index (χ1) is 9.15. The molecule has 2 aromatic rings. The lowest BCUT2D eigenvalue weighted by molar-refractivity contribution is -0.118. The summed E-state index contributed by atoms with van der Waals surface area (Å²) in [6, 6.07) is 8.41. The summed E-state index contributed by atoms with van der Waals surface area (Å²) in [5.74, 6) is -0.307. The van der Waals surface area contributed by atoms with Gasteiger partial charge in [-0.15, -0.1) is 0 Å². The van der Waals surface area contributed by atoms with E-state index in [1.54, 1.807) is 24.5 Å². The maximum atomic E-state index is 13.5. The van der Waals surface area contributed by atoms with E-state index in [1.807, 2.05) is 12.1 Å². The van der Waals surface area contributed by atoms with Crippen LogP contribution in [-0.2, 0) is 17.6 Å². The maximum absolute atomic E-state index is 13.5. The van der Waals surface area contributed by atoms with Crippen molar-refractivity contribution in [1.82, 2.24) is 4.98 Å². The molecule has 0 unspecified atom stereocenters. The Labute approximate surface area is 119 Å². The number of rotatable bonds is 5. The molecule has 2 rings (SSSR count). The second-order valence-corrected chi connectivity index (χ2v) is 5.23. The van der Waals surface area contributed by atoms with Gasteiger partial charge in [0, 0.05) is 29.7 Å². The molecule has 1 aromatic heterocycles. The normalized spacial score (nSPS) is 10.4. The number of carbonyl (C=O) groups excluding carboxylic acids is 1. The Hall–Kier alpha value is -1.55. The number of carbonyl (C=O) groups is 1. The predicted molar refractivity (Wildman–Crippen MR) is 75.4 cm³/mol. The van der Waals surface area contributed by atoms with Crippen LogP contribution in [-0.4, -0.2) is 10.8 Å². The molecule has 0 fully saturated rings. The van der Waals surface area contributed by atoms with Crippen molar-refractivity contribution in [2.24, 2.45) is 0 Å². The van der Waals surface area contributed by atoms with Gasteiger partial charge in [0.15, 0.2) is 0 Å². The van der Waals surface area contributed by atoms with Crippen LogP contribution in [0.25, 0.3) is 0 Å². The van der Waals surface area contributed by atoms with Crippen LogP contribution in [0.4, 0.5) is 4.39 Å². The molecule has 0 N–H and O–H groups in total. The van der Waals surface area contributed by atoms with Crippen LogP contribution < -0.4 is 0 Å².